The molecule has 1 aromatic carbocycles. The van der Waals surface area contributed by atoms with Crippen LogP contribution < -0.4 is 5.56 Å². The first-order valence-corrected chi connectivity index (χ1v) is 9.40. The lowest BCUT2D eigenvalue weighted by Crippen LogP contribution is -2.24. The van der Waals surface area contributed by atoms with Crippen molar-refractivity contribution in [2.75, 3.05) is 0 Å². The lowest BCUT2D eigenvalue weighted by atomic mass is 10.1. The molecule has 3 aromatic heterocycles. The highest BCUT2D eigenvalue weighted by molar-refractivity contribution is 7.09. The van der Waals surface area contributed by atoms with Crippen LogP contribution >= 0.6 is 11.3 Å². The fourth-order valence-corrected chi connectivity index (χ4v) is 3.66. The Kier molecular flexibility index (Phi) is 4.38. The highest BCUT2D eigenvalue weighted by Gasteiger charge is 2.13. The second kappa shape index (κ2) is 6.84. The monoisotopic (exact) mass is 366 g/mol. The molecular formula is C19H18N4O2S. The van der Waals surface area contributed by atoms with Gasteiger partial charge in [-0.2, -0.15) is 4.98 Å². The zero-order valence-corrected chi connectivity index (χ0v) is 15.4. The number of nitrogens with zero attached hydrogens (tertiary/aromatic N) is 4. The first kappa shape index (κ1) is 16.7. The molecule has 0 saturated heterocycles. The summed E-state index contributed by atoms with van der Waals surface area (Å²) >= 11 is 1.66. The molecule has 0 radical (unpaired) electrons. The Morgan fingerprint density at radius 1 is 1.23 bits per heavy atom. The van der Waals surface area contributed by atoms with Gasteiger partial charge in [0.25, 0.3) is 5.56 Å². The standard InChI is InChI=1S/C19H18N4O2S/c1-3-8-23-16-7-6-13(10-15(16)20-12(2)19(23)24)18-21-17(25-22-18)11-14-5-4-9-26-14/h4-7,9-10H,3,8,11H2,1-2H3. The van der Waals surface area contributed by atoms with Gasteiger partial charge in [-0.1, -0.05) is 18.1 Å². The van der Waals surface area contributed by atoms with Gasteiger partial charge in [-0.3, -0.25) is 4.79 Å². The molecule has 0 aliphatic heterocycles. The van der Waals surface area contributed by atoms with Crippen molar-refractivity contribution in [2.24, 2.45) is 0 Å². The normalized spacial score (nSPS) is 11.3. The molecule has 0 aliphatic carbocycles. The van der Waals surface area contributed by atoms with Gasteiger partial charge in [-0.05, 0) is 43.0 Å². The number of hydrogen-bond acceptors (Lipinski definition) is 6. The number of thiophene rings is 1. The molecule has 26 heavy (non-hydrogen) atoms. The number of fused-ring (bicyclic) bond motifs is 1. The van der Waals surface area contributed by atoms with E-state index in [9.17, 15) is 4.79 Å². The van der Waals surface area contributed by atoms with Crippen LogP contribution in [0.3, 0.4) is 0 Å². The Bertz CT molecular complexity index is 1110. The van der Waals surface area contributed by atoms with Gasteiger partial charge in [-0.15, -0.1) is 11.3 Å². The van der Waals surface area contributed by atoms with Crippen molar-refractivity contribution in [1.29, 1.82) is 0 Å². The van der Waals surface area contributed by atoms with Crippen LogP contribution in [0.25, 0.3) is 22.4 Å². The lowest BCUT2D eigenvalue weighted by molar-refractivity contribution is 0.386. The van der Waals surface area contributed by atoms with Crippen molar-refractivity contribution in [2.45, 2.75) is 33.2 Å². The van der Waals surface area contributed by atoms with Gasteiger partial charge in [0.2, 0.25) is 11.7 Å². The van der Waals surface area contributed by atoms with Crippen LogP contribution in [0.2, 0.25) is 0 Å². The van der Waals surface area contributed by atoms with E-state index in [-0.39, 0.29) is 5.56 Å². The molecule has 132 valence electrons. The van der Waals surface area contributed by atoms with Crippen molar-refractivity contribution in [3.8, 4) is 11.4 Å². The maximum absolute atomic E-state index is 12.3. The van der Waals surface area contributed by atoms with Crippen LogP contribution in [0.5, 0.6) is 0 Å². The fourth-order valence-electron chi connectivity index (χ4n) is 2.97. The molecule has 0 bridgehead atoms. The maximum Gasteiger partial charge on any atom is 0.272 e. The van der Waals surface area contributed by atoms with E-state index in [1.165, 1.54) is 4.88 Å². The van der Waals surface area contributed by atoms with Gasteiger partial charge in [0.1, 0.15) is 5.69 Å². The Morgan fingerprint density at radius 2 is 2.12 bits per heavy atom. The molecule has 0 fully saturated rings. The van der Waals surface area contributed by atoms with Gasteiger partial charge < -0.3 is 9.09 Å². The van der Waals surface area contributed by atoms with Gasteiger partial charge in [0, 0.05) is 17.0 Å². The summed E-state index contributed by atoms with van der Waals surface area (Å²) in [5, 5.41) is 6.12. The average Bonchev–Trinajstić information content (AvgIpc) is 3.31. The van der Waals surface area contributed by atoms with E-state index in [2.05, 4.69) is 22.0 Å². The second-order valence-corrected chi connectivity index (χ2v) is 7.16. The molecule has 0 spiro atoms. The molecule has 0 atom stereocenters. The summed E-state index contributed by atoms with van der Waals surface area (Å²) < 4.78 is 7.16. The van der Waals surface area contributed by atoms with Crippen molar-refractivity contribution in [1.82, 2.24) is 19.7 Å². The maximum atomic E-state index is 12.3. The predicted octanol–water partition coefficient (Wildman–Crippen LogP) is 3.82. The summed E-state index contributed by atoms with van der Waals surface area (Å²) in [6.07, 6.45) is 1.52. The van der Waals surface area contributed by atoms with E-state index in [0.29, 0.717) is 30.4 Å². The zero-order chi connectivity index (χ0) is 18.1. The van der Waals surface area contributed by atoms with Crippen molar-refractivity contribution in [3.05, 3.63) is 62.5 Å². The third-order valence-corrected chi connectivity index (χ3v) is 5.06. The van der Waals surface area contributed by atoms with E-state index in [1.54, 1.807) is 22.8 Å². The minimum absolute atomic E-state index is 0.0371. The third kappa shape index (κ3) is 3.06. The van der Waals surface area contributed by atoms with Crippen molar-refractivity contribution < 1.29 is 4.52 Å². The van der Waals surface area contributed by atoms with Crippen LogP contribution in [0.15, 0.2) is 45.0 Å². The predicted molar refractivity (Wildman–Crippen MR) is 101 cm³/mol. The first-order valence-electron chi connectivity index (χ1n) is 8.52. The van der Waals surface area contributed by atoms with Crippen LogP contribution in [-0.4, -0.2) is 19.7 Å². The van der Waals surface area contributed by atoms with E-state index in [1.807, 2.05) is 35.7 Å². The van der Waals surface area contributed by atoms with E-state index in [0.717, 1.165) is 23.0 Å². The van der Waals surface area contributed by atoms with Crippen molar-refractivity contribution >= 4 is 22.4 Å². The molecule has 0 amide bonds. The number of benzene rings is 1. The Balaban J connectivity index is 1.73. The average molecular weight is 366 g/mol. The molecule has 4 aromatic rings. The summed E-state index contributed by atoms with van der Waals surface area (Å²) in [6.45, 7) is 4.47. The molecule has 3 heterocycles. The smallest absolute Gasteiger partial charge is 0.272 e. The Labute approximate surface area is 154 Å². The van der Waals surface area contributed by atoms with Crippen molar-refractivity contribution in [3.63, 3.8) is 0 Å². The van der Waals surface area contributed by atoms with Gasteiger partial charge in [0.15, 0.2) is 0 Å². The van der Waals surface area contributed by atoms with Gasteiger partial charge in [-0.25, -0.2) is 4.98 Å². The fraction of sp³-hybridized carbons (Fsp3) is 0.263. The Hall–Kier alpha value is -2.80. The number of rotatable bonds is 5. The summed E-state index contributed by atoms with van der Waals surface area (Å²) in [7, 11) is 0. The highest BCUT2D eigenvalue weighted by atomic mass is 32.1. The summed E-state index contributed by atoms with van der Waals surface area (Å²) in [5.41, 5.74) is 2.87. The lowest BCUT2D eigenvalue weighted by Gasteiger charge is -2.10. The Morgan fingerprint density at radius 3 is 2.88 bits per heavy atom. The topological polar surface area (TPSA) is 73.8 Å². The minimum Gasteiger partial charge on any atom is -0.339 e. The molecular weight excluding hydrogens is 348 g/mol. The van der Waals surface area contributed by atoms with Crippen LogP contribution in [0.4, 0.5) is 0 Å². The summed E-state index contributed by atoms with van der Waals surface area (Å²) in [4.78, 5) is 22.5. The SMILES string of the molecule is CCCn1c(=O)c(C)nc2cc(-c3noc(Cc4cccs4)n3)ccc21. The third-order valence-electron chi connectivity index (χ3n) is 4.19. The van der Waals surface area contributed by atoms with E-state index in [4.69, 9.17) is 4.52 Å². The molecule has 0 aliphatic rings. The van der Waals surface area contributed by atoms with Crippen LogP contribution in [-0.2, 0) is 13.0 Å². The quantitative estimate of drug-likeness (QED) is 0.537. The molecule has 0 saturated carbocycles. The van der Waals surface area contributed by atoms with Gasteiger partial charge >= 0.3 is 0 Å². The molecule has 7 heteroatoms. The number of aryl methyl sites for hydroxylation is 2. The largest absolute Gasteiger partial charge is 0.339 e. The number of hydrogen-bond donors (Lipinski definition) is 0. The zero-order valence-electron chi connectivity index (χ0n) is 14.6. The van der Waals surface area contributed by atoms with Gasteiger partial charge in [0.05, 0.1) is 17.5 Å². The van der Waals surface area contributed by atoms with Crippen LogP contribution in [0.1, 0.15) is 29.8 Å². The highest BCUT2D eigenvalue weighted by Crippen LogP contribution is 2.22. The summed E-state index contributed by atoms with van der Waals surface area (Å²) in [5.74, 6) is 1.12. The van der Waals surface area contributed by atoms with Crippen LogP contribution in [0, 0.1) is 6.92 Å². The number of aromatic nitrogens is 4. The van der Waals surface area contributed by atoms with E-state index < -0.39 is 0 Å². The second-order valence-electron chi connectivity index (χ2n) is 6.13. The van der Waals surface area contributed by atoms with E-state index >= 15 is 0 Å². The summed E-state index contributed by atoms with van der Waals surface area (Å²) in [6, 6.07) is 9.77. The molecule has 0 N–H and O–H groups in total. The first-order chi connectivity index (χ1) is 12.7. The molecule has 0 unspecified atom stereocenters. The minimum atomic E-state index is -0.0371. The molecule has 4 rings (SSSR count). The molecule has 6 nitrogen and oxygen atoms in total.